The number of hydrogen-bond acceptors (Lipinski definition) is 2. The second-order valence-electron chi connectivity index (χ2n) is 10.2. The Morgan fingerprint density at radius 3 is 1.73 bits per heavy atom. The van der Waals surface area contributed by atoms with Crippen molar-refractivity contribution in [3.63, 3.8) is 0 Å². The van der Waals surface area contributed by atoms with Crippen molar-refractivity contribution in [2.45, 2.75) is 17.3 Å². The van der Waals surface area contributed by atoms with E-state index in [9.17, 15) is 0 Å². The van der Waals surface area contributed by atoms with Crippen LogP contribution in [0, 0.1) is 0 Å². The van der Waals surface area contributed by atoms with Gasteiger partial charge in [-0.25, -0.2) is 4.98 Å². The smallest absolute Gasteiger partial charge is 0.0898 e. The normalized spacial score (nSPS) is 21.1. The molecule has 0 saturated heterocycles. The van der Waals surface area contributed by atoms with E-state index in [1.54, 1.807) is 0 Å². The van der Waals surface area contributed by atoms with Crippen molar-refractivity contribution in [1.82, 2.24) is 9.97 Å². The fourth-order valence-corrected chi connectivity index (χ4v) is 7.15. The molecule has 0 saturated carbocycles. The molecule has 5 aromatic carbocycles. The van der Waals surface area contributed by atoms with E-state index in [0.717, 1.165) is 23.1 Å². The first kappa shape index (κ1) is 20.6. The van der Waals surface area contributed by atoms with Crippen LogP contribution in [0.3, 0.4) is 0 Å². The van der Waals surface area contributed by atoms with Crippen molar-refractivity contribution < 1.29 is 0 Å². The first-order chi connectivity index (χ1) is 18.3. The van der Waals surface area contributed by atoms with Gasteiger partial charge in [-0.2, -0.15) is 0 Å². The summed E-state index contributed by atoms with van der Waals surface area (Å²) >= 11 is 0. The standard InChI is InChI=1S/C35H24N2/c1-2-13-25(14-3-1)34-22-24-12-4-5-15-26(24)35(29-18-8-6-16-27(29)34,30-19-9-7-17-28(30)34)33-23-36-31-20-10-11-21-32(31)37-33/h1-21,23H,22H2. The Morgan fingerprint density at radius 1 is 0.486 bits per heavy atom. The molecular weight excluding hydrogens is 448 g/mol. The van der Waals surface area contributed by atoms with Gasteiger partial charge in [0.05, 0.1) is 28.3 Å². The number of hydrogen-bond donors (Lipinski definition) is 0. The van der Waals surface area contributed by atoms with Crippen LogP contribution in [-0.2, 0) is 17.3 Å². The molecule has 2 bridgehead atoms. The first-order valence-corrected chi connectivity index (χ1v) is 12.9. The molecule has 0 spiro atoms. The topological polar surface area (TPSA) is 25.8 Å². The maximum absolute atomic E-state index is 5.34. The third-order valence-electron chi connectivity index (χ3n) is 8.56. The summed E-state index contributed by atoms with van der Waals surface area (Å²) in [5, 5.41) is 0. The predicted molar refractivity (Wildman–Crippen MR) is 148 cm³/mol. The highest BCUT2D eigenvalue weighted by Gasteiger charge is 2.56. The number of fused-ring (bicyclic) bond motifs is 1. The summed E-state index contributed by atoms with van der Waals surface area (Å²) in [5.74, 6) is 0. The van der Waals surface area contributed by atoms with Crippen molar-refractivity contribution in [2.75, 3.05) is 0 Å². The molecule has 174 valence electrons. The largest absolute Gasteiger partial charge is 0.253 e. The molecule has 9 rings (SSSR count). The third kappa shape index (κ3) is 2.55. The van der Waals surface area contributed by atoms with Crippen LogP contribution in [0.15, 0.2) is 134 Å². The molecule has 37 heavy (non-hydrogen) atoms. The quantitative estimate of drug-likeness (QED) is 0.266. The van der Waals surface area contributed by atoms with Crippen LogP contribution in [-0.4, -0.2) is 9.97 Å². The summed E-state index contributed by atoms with van der Waals surface area (Å²) < 4.78 is 0. The lowest BCUT2D eigenvalue weighted by Gasteiger charge is -2.47. The van der Waals surface area contributed by atoms with E-state index < -0.39 is 5.41 Å². The second-order valence-corrected chi connectivity index (χ2v) is 10.2. The van der Waals surface area contributed by atoms with Crippen LogP contribution >= 0.6 is 0 Å². The summed E-state index contributed by atoms with van der Waals surface area (Å²) in [5.41, 5.74) is 11.2. The SMILES string of the molecule is c1ccc(C23Cc4ccccc4C(c4cnc5ccccc5n4)(c4ccccc42)c2ccccc23)cc1. The van der Waals surface area contributed by atoms with Crippen molar-refractivity contribution in [3.8, 4) is 0 Å². The van der Waals surface area contributed by atoms with Gasteiger partial charge in [0.1, 0.15) is 0 Å². The Kier molecular flexibility index (Phi) is 4.16. The highest BCUT2D eigenvalue weighted by molar-refractivity contribution is 5.78. The van der Waals surface area contributed by atoms with Crippen LogP contribution in [0.5, 0.6) is 0 Å². The molecule has 0 atom stereocenters. The molecule has 0 amide bonds. The van der Waals surface area contributed by atoms with E-state index in [1.165, 1.54) is 38.9 Å². The van der Waals surface area contributed by atoms with Gasteiger partial charge in [0.15, 0.2) is 0 Å². The highest BCUT2D eigenvalue weighted by Crippen LogP contribution is 2.61. The number of aromatic nitrogens is 2. The van der Waals surface area contributed by atoms with Crippen LogP contribution in [0.4, 0.5) is 0 Å². The number of rotatable bonds is 2. The summed E-state index contributed by atoms with van der Waals surface area (Å²) in [4.78, 5) is 10.3. The highest BCUT2D eigenvalue weighted by atomic mass is 14.8. The molecule has 6 aromatic rings. The Hall–Kier alpha value is -4.56. The molecule has 2 heteroatoms. The van der Waals surface area contributed by atoms with Gasteiger partial charge in [0, 0.05) is 5.41 Å². The van der Waals surface area contributed by atoms with Crippen LogP contribution in [0.1, 0.15) is 44.6 Å². The fourth-order valence-electron chi connectivity index (χ4n) is 7.15. The van der Waals surface area contributed by atoms with E-state index in [-0.39, 0.29) is 5.41 Å². The Morgan fingerprint density at radius 2 is 1.03 bits per heavy atom. The maximum atomic E-state index is 5.34. The monoisotopic (exact) mass is 472 g/mol. The summed E-state index contributed by atoms with van der Waals surface area (Å²) in [6, 6.07) is 46.3. The summed E-state index contributed by atoms with van der Waals surface area (Å²) in [7, 11) is 0. The lowest BCUT2D eigenvalue weighted by atomic mass is 9.55. The molecule has 1 heterocycles. The van der Waals surface area contributed by atoms with E-state index in [1.807, 2.05) is 24.4 Å². The first-order valence-electron chi connectivity index (χ1n) is 12.9. The van der Waals surface area contributed by atoms with Gasteiger partial charge < -0.3 is 0 Å². The van der Waals surface area contributed by atoms with Gasteiger partial charge >= 0.3 is 0 Å². The number of nitrogens with zero attached hydrogens (tertiary/aromatic N) is 2. The summed E-state index contributed by atoms with van der Waals surface area (Å²) in [6.07, 6.45) is 2.90. The number of benzene rings is 5. The van der Waals surface area contributed by atoms with Gasteiger partial charge in [0.2, 0.25) is 0 Å². The van der Waals surface area contributed by atoms with E-state index >= 15 is 0 Å². The van der Waals surface area contributed by atoms with Crippen LogP contribution in [0.25, 0.3) is 11.0 Å². The van der Waals surface area contributed by atoms with Crippen molar-refractivity contribution in [1.29, 1.82) is 0 Å². The van der Waals surface area contributed by atoms with Crippen molar-refractivity contribution >= 4 is 11.0 Å². The van der Waals surface area contributed by atoms with Crippen LogP contribution < -0.4 is 0 Å². The lowest BCUT2D eigenvalue weighted by Crippen LogP contribution is -2.43. The molecule has 0 aliphatic heterocycles. The zero-order valence-electron chi connectivity index (χ0n) is 20.3. The third-order valence-corrected chi connectivity index (χ3v) is 8.56. The van der Waals surface area contributed by atoms with Gasteiger partial charge in [0.25, 0.3) is 0 Å². The second kappa shape index (κ2) is 7.47. The minimum atomic E-state index is -0.560. The van der Waals surface area contributed by atoms with E-state index in [2.05, 4.69) is 109 Å². The zero-order valence-corrected chi connectivity index (χ0v) is 20.3. The van der Waals surface area contributed by atoms with E-state index in [0.29, 0.717) is 0 Å². The van der Waals surface area contributed by atoms with Gasteiger partial charge in [-0.3, -0.25) is 4.98 Å². The van der Waals surface area contributed by atoms with E-state index in [4.69, 9.17) is 9.97 Å². The molecule has 0 fully saturated rings. The van der Waals surface area contributed by atoms with Crippen molar-refractivity contribution in [2.24, 2.45) is 0 Å². The zero-order chi connectivity index (χ0) is 24.5. The van der Waals surface area contributed by atoms with Gasteiger partial charge in [-0.15, -0.1) is 0 Å². The van der Waals surface area contributed by atoms with Gasteiger partial charge in [-0.1, -0.05) is 115 Å². The van der Waals surface area contributed by atoms with Gasteiger partial charge in [-0.05, 0) is 57.5 Å². The average Bonchev–Trinajstić information content (AvgIpc) is 3.17. The molecular formula is C35H24N2. The molecule has 3 aliphatic carbocycles. The predicted octanol–water partition coefficient (Wildman–Crippen LogP) is 7.22. The van der Waals surface area contributed by atoms with Crippen LogP contribution in [0.2, 0.25) is 0 Å². The molecule has 0 radical (unpaired) electrons. The molecule has 0 N–H and O–H groups in total. The maximum Gasteiger partial charge on any atom is 0.0898 e. The lowest BCUT2D eigenvalue weighted by molar-refractivity contribution is 0.572. The summed E-state index contributed by atoms with van der Waals surface area (Å²) in [6.45, 7) is 0. The number of para-hydroxylation sites is 2. The molecule has 2 nitrogen and oxygen atoms in total. The Labute approximate surface area is 216 Å². The fraction of sp³-hybridized carbons (Fsp3) is 0.0857. The average molecular weight is 473 g/mol. The minimum absolute atomic E-state index is 0.297. The Bertz CT molecular complexity index is 1770. The van der Waals surface area contributed by atoms with Crippen molar-refractivity contribution in [3.05, 3.63) is 178 Å². The minimum Gasteiger partial charge on any atom is -0.253 e. The molecule has 0 unspecified atom stereocenters. The molecule has 3 aliphatic rings. The molecule has 1 aromatic heterocycles. The Balaban J connectivity index is 1.61.